The molecule has 0 aliphatic heterocycles. The number of carbonyl (C=O) groups excluding carboxylic acids is 2. The van der Waals surface area contributed by atoms with Crippen molar-refractivity contribution in [3.63, 3.8) is 0 Å². The van der Waals surface area contributed by atoms with Gasteiger partial charge in [-0.2, -0.15) is 5.10 Å². The van der Waals surface area contributed by atoms with E-state index in [2.05, 4.69) is 15.8 Å². The second kappa shape index (κ2) is 9.19. The summed E-state index contributed by atoms with van der Waals surface area (Å²) in [5.74, 6) is -1.08. The summed E-state index contributed by atoms with van der Waals surface area (Å²) in [5, 5.41) is 16.9. The summed E-state index contributed by atoms with van der Waals surface area (Å²) in [6, 6.07) is 5.95. The fourth-order valence-electron chi connectivity index (χ4n) is 1.48. The zero-order valence-electron chi connectivity index (χ0n) is 11.9. The van der Waals surface area contributed by atoms with E-state index in [1.165, 1.54) is 25.3 Å². The Bertz CT molecular complexity index is 573. The van der Waals surface area contributed by atoms with E-state index in [0.717, 1.165) is 6.21 Å². The molecular weight excluding hydrogens is 292 g/mol. The van der Waals surface area contributed by atoms with Gasteiger partial charge in [0.05, 0.1) is 23.3 Å². The zero-order chi connectivity index (χ0) is 16.4. The molecule has 22 heavy (non-hydrogen) atoms. The van der Waals surface area contributed by atoms with E-state index in [9.17, 15) is 19.7 Å². The van der Waals surface area contributed by atoms with E-state index in [-0.39, 0.29) is 11.3 Å². The fourth-order valence-corrected chi connectivity index (χ4v) is 1.48. The number of benzene rings is 1. The van der Waals surface area contributed by atoms with Crippen LogP contribution in [0, 0.1) is 10.1 Å². The molecule has 0 aliphatic rings. The number of nitrogens with zero attached hydrogens (tertiary/aromatic N) is 2. The number of nitro benzene ring substituents is 1. The molecule has 1 rings (SSSR count). The second-order valence-corrected chi connectivity index (χ2v) is 4.13. The van der Waals surface area contributed by atoms with Gasteiger partial charge in [-0.15, -0.1) is 0 Å². The van der Waals surface area contributed by atoms with Crippen molar-refractivity contribution < 1.29 is 19.2 Å². The monoisotopic (exact) mass is 308 g/mol. The molecule has 0 saturated heterocycles. The minimum Gasteiger partial charge on any atom is -0.383 e. The van der Waals surface area contributed by atoms with Crippen LogP contribution in [0.15, 0.2) is 29.4 Å². The Labute approximate surface area is 126 Å². The number of hydrazone groups is 1. The van der Waals surface area contributed by atoms with E-state index >= 15 is 0 Å². The summed E-state index contributed by atoms with van der Waals surface area (Å²) in [4.78, 5) is 33.0. The summed E-state index contributed by atoms with van der Waals surface area (Å²) >= 11 is 0. The lowest BCUT2D eigenvalue weighted by molar-refractivity contribution is -0.385. The summed E-state index contributed by atoms with van der Waals surface area (Å²) in [7, 11) is 1.50. The molecule has 0 bridgehead atoms. The molecule has 0 atom stereocenters. The molecule has 2 N–H and O–H groups in total. The van der Waals surface area contributed by atoms with Crippen molar-refractivity contribution in [1.82, 2.24) is 10.7 Å². The molecule has 2 amide bonds. The maximum atomic E-state index is 11.4. The molecule has 0 aromatic heterocycles. The van der Waals surface area contributed by atoms with Gasteiger partial charge in [0.15, 0.2) is 0 Å². The van der Waals surface area contributed by atoms with Crippen molar-refractivity contribution in [3.05, 3.63) is 39.9 Å². The predicted octanol–water partition coefficient (Wildman–Crippen LogP) is 0.198. The molecule has 0 fully saturated rings. The maximum absolute atomic E-state index is 11.4. The summed E-state index contributed by atoms with van der Waals surface area (Å²) < 4.78 is 4.75. The van der Waals surface area contributed by atoms with Gasteiger partial charge >= 0.3 is 0 Å². The Balaban J connectivity index is 2.47. The Morgan fingerprint density at radius 3 is 2.77 bits per heavy atom. The largest absolute Gasteiger partial charge is 0.383 e. The van der Waals surface area contributed by atoms with E-state index in [4.69, 9.17) is 4.74 Å². The number of para-hydroxylation sites is 1. The summed E-state index contributed by atoms with van der Waals surface area (Å²) in [6.45, 7) is 0.658. The third kappa shape index (κ3) is 6.09. The third-order valence-corrected chi connectivity index (χ3v) is 2.48. The molecule has 0 heterocycles. The van der Waals surface area contributed by atoms with Gasteiger partial charge in [-0.3, -0.25) is 19.7 Å². The van der Waals surface area contributed by atoms with Gasteiger partial charge in [0, 0.05) is 19.7 Å². The SMILES string of the molecule is COCCNC(=O)CC(=O)NN=Cc1ccccc1[N+](=O)[O-]. The normalized spacial score (nSPS) is 10.4. The molecule has 9 heteroatoms. The van der Waals surface area contributed by atoms with Gasteiger partial charge in [0.2, 0.25) is 11.8 Å². The number of rotatable bonds is 8. The maximum Gasteiger partial charge on any atom is 0.278 e. The zero-order valence-corrected chi connectivity index (χ0v) is 11.9. The number of amides is 2. The number of methoxy groups -OCH3 is 1. The van der Waals surface area contributed by atoms with Crippen LogP contribution in [0.2, 0.25) is 0 Å². The van der Waals surface area contributed by atoms with E-state index in [1.807, 2.05) is 0 Å². The Kier molecular flexibility index (Phi) is 7.20. The highest BCUT2D eigenvalue weighted by atomic mass is 16.6. The molecular formula is C13H16N4O5. The molecule has 0 aliphatic carbocycles. The molecule has 1 aromatic carbocycles. The number of hydrogen-bond donors (Lipinski definition) is 2. The Morgan fingerprint density at radius 2 is 2.09 bits per heavy atom. The van der Waals surface area contributed by atoms with Gasteiger partial charge in [-0.25, -0.2) is 5.43 Å². The minimum atomic E-state index is -0.621. The molecule has 0 unspecified atom stereocenters. The van der Waals surface area contributed by atoms with Crippen LogP contribution in [-0.2, 0) is 14.3 Å². The van der Waals surface area contributed by atoms with Gasteiger partial charge in [0.25, 0.3) is 5.69 Å². The van der Waals surface area contributed by atoms with Crippen LogP contribution in [0.25, 0.3) is 0 Å². The van der Waals surface area contributed by atoms with Crippen LogP contribution < -0.4 is 10.7 Å². The van der Waals surface area contributed by atoms with Crippen LogP contribution in [-0.4, -0.2) is 43.2 Å². The number of ether oxygens (including phenoxy) is 1. The molecule has 9 nitrogen and oxygen atoms in total. The fraction of sp³-hybridized carbons (Fsp3) is 0.308. The average molecular weight is 308 g/mol. The van der Waals surface area contributed by atoms with Crippen LogP contribution in [0.1, 0.15) is 12.0 Å². The minimum absolute atomic E-state index is 0.127. The Morgan fingerprint density at radius 1 is 1.36 bits per heavy atom. The highest BCUT2D eigenvalue weighted by Crippen LogP contribution is 2.14. The standard InChI is InChI=1S/C13H16N4O5/c1-22-7-6-14-12(18)8-13(19)16-15-9-10-4-2-3-5-11(10)17(20)21/h2-5,9H,6-8H2,1H3,(H,14,18)(H,16,19). The van der Waals surface area contributed by atoms with Crippen molar-refractivity contribution in [2.75, 3.05) is 20.3 Å². The lowest BCUT2D eigenvalue weighted by atomic mass is 10.2. The van der Waals surface area contributed by atoms with Crippen LogP contribution in [0.3, 0.4) is 0 Å². The van der Waals surface area contributed by atoms with Crippen molar-refractivity contribution in [3.8, 4) is 0 Å². The van der Waals surface area contributed by atoms with E-state index < -0.39 is 23.2 Å². The first-order chi connectivity index (χ1) is 10.5. The number of nitrogens with one attached hydrogen (secondary N) is 2. The first-order valence-corrected chi connectivity index (χ1v) is 6.35. The second-order valence-electron chi connectivity index (χ2n) is 4.13. The molecule has 0 saturated carbocycles. The highest BCUT2D eigenvalue weighted by Gasteiger charge is 2.11. The van der Waals surface area contributed by atoms with Gasteiger partial charge in [-0.1, -0.05) is 12.1 Å². The predicted molar refractivity (Wildman–Crippen MR) is 78.3 cm³/mol. The summed E-state index contributed by atoms with van der Waals surface area (Å²) in [5.41, 5.74) is 2.25. The van der Waals surface area contributed by atoms with Crippen molar-refractivity contribution in [2.45, 2.75) is 6.42 Å². The van der Waals surface area contributed by atoms with Crippen molar-refractivity contribution >= 4 is 23.7 Å². The van der Waals surface area contributed by atoms with Crippen LogP contribution in [0.4, 0.5) is 5.69 Å². The van der Waals surface area contributed by atoms with Crippen LogP contribution in [0.5, 0.6) is 0 Å². The quantitative estimate of drug-likeness (QED) is 0.233. The highest BCUT2D eigenvalue weighted by molar-refractivity contribution is 5.97. The number of carbonyl (C=O) groups is 2. The van der Waals surface area contributed by atoms with Crippen molar-refractivity contribution in [2.24, 2.45) is 5.10 Å². The van der Waals surface area contributed by atoms with Crippen LogP contribution >= 0.6 is 0 Å². The average Bonchev–Trinajstić information content (AvgIpc) is 2.47. The van der Waals surface area contributed by atoms with E-state index in [1.54, 1.807) is 6.07 Å². The topological polar surface area (TPSA) is 123 Å². The molecule has 1 aromatic rings. The number of nitro groups is 1. The van der Waals surface area contributed by atoms with Gasteiger partial charge < -0.3 is 10.1 Å². The lowest BCUT2D eigenvalue weighted by Crippen LogP contribution is -2.31. The lowest BCUT2D eigenvalue weighted by Gasteiger charge is -2.03. The third-order valence-electron chi connectivity index (χ3n) is 2.48. The first kappa shape index (κ1) is 17.2. The van der Waals surface area contributed by atoms with E-state index in [0.29, 0.717) is 13.2 Å². The molecule has 0 radical (unpaired) electrons. The number of hydrogen-bond acceptors (Lipinski definition) is 6. The molecule has 0 spiro atoms. The summed E-state index contributed by atoms with van der Waals surface area (Å²) in [6.07, 6.45) is 0.761. The van der Waals surface area contributed by atoms with Gasteiger partial charge in [0.1, 0.15) is 6.42 Å². The van der Waals surface area contributed by atoms with Gasteiger partial charge in [-0.05, 0) is 6.07 Å². The van der Waals surface area contributed by atoms with Crippen molar-refractivity contribution in [1.29, 1.82) is 0 Å². The first-order valence-electron chi connectivity index (χ1n) is 6.35. The molecule has 118 valence electrons. The Hall–Kier alpha value is -2.81. The smallest absolute Gasteiger partial charge is 0.278 e.